The standard InChI is InChI=1S/C23H27N3O3S/c1-17-4-6-18(7-5-17)22(27)26(11-3-10-25-12-14-29-15-13-25)23-24-20-16-19(28-2)8-9-21(20)30-23/h4-9,16H,3,10-15H2,1-2H3/p+1. The number of carbonyl (C=O) groups excluding carboxylic acids is 1. The minimum Gasteiger partial charge on any atom is -0.497 e. The van der Waals surface area contributed by atoms with Gasteiger partial charge in [-0.3, -0.25) is 9.69 Å². The molecule has 1 aromatic heterocycles. The van der Waals surface area contributed by atoms with Crippen LogP contribution in [0.2, 0.25) is 0 Å². The number of morpholine rings is 1. The van der Waals surface area contributed by atoms with Gasteiger partial charge in [-0.15, -0.1) is 0 Å². The van der Waals surface area contributed by atoms with Crippen LogP contribution in [-0.2, 0) is 4.74 Å². The van der Waals surface area contributed by atoms with Crippen LogP contribution in [0.5, 0.6) is 5.75 Å². The molecule has 1 saturated heterocycles. The first-order valence-electron chi connectivity index (χ1n) is 10.4. The highest BCUT2D eigenvalue weighted by Gasteiger charge is 2.22. The van der Waals surface area contributed by atoms with Gasteiger partial charge >= 0.3 is 0 Å². The van der Waals surface area contributed by atoms with Crippen LogP contribution < -0.4 is 14.5 Å². The Morgan fingerprint density at radius 3 is 2.70 bits per heavy atom. The molecule has 0 bridgehead atoms. The maximum Gasteiger partial charge on any atom is 0.260 e. The van der Waals surface area contributed by atoms with E-state index in [9.17, 15) is 4.79 Å². The zero-order valence-electron chi connectivity index (χ0n) is 17.5. The van der Waals surface area contributed by atoms with Crippen LogP contribution in [0.15, 0.2) is 42.5 Å². The van der Waals surface area contributed by atoms with Gasteiger partial charge in [-0.05, 0) is 31.2 Å². The van der Waals surface area contributed by atoms with E-state index in [2.05, 4.69) is 0 Å². The number of thiazole rings is 1. The molecule has 2 aromatic carbocycles. The Labute approximate surface area is 181 Å². The van der Waals surface area contributed by atoms with Gasteiger partial charge in [-0.2, -0.15) is 0 Å². The van der Waals surface area contributed by atoms with E-state index in [0.717, 1.165) is 65.9 Å². The first kappa shape index (κ1) is 20.8. The fraction of sp³-hybridized carbons (Fsp3) is 0.391. The third-order valence-corrected chi connectivity index (χ3v) is 6.53. The molecular formula is C23H28N3O3S+. The fourth-order valence-electron chi connectivity index (χ4n) is 3.67. The van der Waals surface area contributed by atoms with Gasteiger partial charge in [-0.25, -0.2) is 4.98 Å². The molecule has 0 atom stereocenters. The number of carbonyl (C=O) groups is 1. The summed E-state index contributed by atoms with van der Waals surface area (Å²) in [6, 6.07) is 13.6. The summed E-state index contributed by atoms with van der Waals surface area (Å²) in [6.45, 7) is 7.41. The zero-order chi connectivity index (χ0) is 20.9. The largest absolute Gasteiger partial charge is 0.497 e. The highest BCUT2D eigenvalue weighted by atomic mass is 32.1. The molecule has 0 spiro atoms. The maximum atomic E-state index is 13.4. The van der Waals surface area contributed by atoms with Crippen molar-refractivity contribution in [1.82, 2.24) is 4.98 Å². The molecule has 0 radical (unpaired) electrons. The first-order chi connectivity index (χ1) is 14.6. The lowest BCUT2D eigenvalue weighted by atomic mass is 10.1. The summed E-state index contributed by atoms with van der Waals surface area (Å²) in [7, 11) is 1.65. The Balaban J connectivity index is 1.57. The number of nitrogens with zero attached hydrogens (tertiary/aromatic N) is 2. The molecule has 1 aliphatic rings. The number of hydrogen-bond donors (Lipinski definition) is 1. The van der Waals surface area contributed by atoms with Crippen LogP contribution >= 0.6 is 11.3 Å². The predicted molar refractivity (Wildman–Crippen MR) is 120 cm³/mol. The second-order valence-electron chi connectivity index (χ2n) is 7.62. The van der Waals surface area contributed by atoms with Crippen LogP contribution in [0, 0.1) is 6.92 Å². The van der Waals surface area contributed by atoms with Gasteiger partial charge in [-0.1, -0.05) is 29.0 Å². The SMILES string of the molecule is COc1ccc2sc(N(CCC[NH+]3CCOCC3)C(=O)c3ccc(C)cc3)nc2c1. The van der Waals surface area contributed by atoms with E-state index in [-0.39, 0.29) is 5.91 Å². The molecule has 0 saturated carbocycles. The number of quaternary nitrogens is 1. The molecule has 1 amide bonds. The van der Waals surface area contributed by atoms with Crippen molar-refractivity contribution in [1.29, 1.82) is 0 Å². The number of benzene rings is 2. The number of rotatable bonds is 7. The smallest absolute Gasteiger partial charge is 0.260 e. The maximum absolute atomic E-state index is 13.4. The molecule has 7 heteroatoms. The predicted octanol–water partition coefficient (Wildman–Crippen LogP) is 2.57. The summed E-state index contributed by atoms with van der Waals surface area (Å²) in [5.41, 5.74) is 2.69. The van der Waals surface area contributed by atoms with E-state index >= 15 is 0 Å². The van der Waals surface area contributed by atoms with E-state index in [0.29, 0.717) is 12.1 Å². The van der Waals surface area contributed by atoms with Gasteiger partial charge < -0.3 is 14.4 Å². The average molecular weight is 427 g/mol. The molecule has 3 aromatic rings. The lowest BCUT2D eigenvalue weighted by Gasteiger charge is -2.25. The number of fused-ring (bicyclic) bond motifs is 1. The molecule has 2 heterocycles. The van der Waals surface area contributed by atoms with Crippen molar-refractivity contribution in [3.8, 4) is 5.75 Å². The summed E-state index contributed by atoms with van der Waals surface area (Å²) in [5.74, 6) is 0.768. The van der Waals surface area contributed by atoms with Crippen molar-refractivity contribution in [2.45, 2.75) is 13.3 Å². The quantitative estimate of drug-likeness (QED) is 0.631. The number of methoxy groups -OCH3 is 1. The molecule has 4 rings (SSSR count). The van der Waals surface area contributed by atoms with Crippen molar-refractivity contribution in [2.24, 2.45) is 0 Å². The minimum absolute atomic E-state index is 0.00185. The monoisotopic (exact) mass is 426 g/mol. The number of aryl methyl sites for hydroxylation is 1. The van der Waals surface area contributed by atoms with E-state index in [4.69, 9.17) is 14.5 Å². The van der Waals surface area contributed by atoms with Crippen LogP contribution in [0.4, 0.5) is 5.13 Å². The summed E-state index contributed by atoms with van der Waals surface area (Å²) < 4.78 is 11.8. The fourth-order valence-corrected chi connectivity index (χ4v) is 4.64. The Morgan fingerprint density at radius 1 is 1.20 bits per heavy atom. The lowest BCUT2D eigenvalue weighted by molar-refractivity contribution is -0.908. The number of nitrogens with one attached hydrogen (secondary N) is 1. The van der Waals surface area contributed by atoms with Gasteiger partial charge in [0.05, 0.1) is 37.1 Å². The Bertz CT molecular complexity index is 997. The number of amides is 1. The van der Waals surface area contributed by atoms with E-state index in [1.54, 1.807) is 18.4 Å². The lowest BCUT2D eigenvalue weighted by Crippen LogP contribution is -3.14. The molecule has 30 heavy (non-hydrogen) atoms. The number of anilines is 1. The summed E-state index contributed by atoms with van der Waals surface area (Å²) >= 11 is 1.55. The Hall–Kier alpha value is -2.48. The third kappa shape index (κ3) is 4.80. The average Bonchev–Trinajstić information content (AvgIpc) is 3.20. The highest BCUT2D eigenvalue weighted by Crippen LogP contribution is 2.32. The molecule has 158 valence electrons. The van der Waals surface area contributed by atoms with Crippen LogP contribution in [0.3, 0.4) is 0 Å². The second-order valence-corrected chi connectivity index (χ2v) is 8.63. The van der Waals surface area contributed by atoms with Gasteiger partial charge in [0.1, 0.15) is 18.8 Å². The molecule has 6 nitrogen and oxygen atoms in total. The normalized spacial score (nSPS) is 14.7. The van der Waals surface area contributed by atoms with Crippen molar-refractivity contribution >= 4 is 32.6 Å². The highest BCUT2D eigenvalue weighted by molar-refractivity contribution is 7.22. The number of hydrogen-bond acceptors (Lipinski definition) is 5. The number of ether oxygens (including phenoxy) is 2. The third-order valence-electron chi connectivity index (χ3n) is 5.47. The topological polar surface area (TPSA) is 56.1 Å². The molecular weight excluding hydrogens is 398 g/mol. The molecule has 1 fully saturated rings. The summed E-state index contributed by atoms with van der Waals surface area (Å²) in [6.07, 6.45) is 0.923. The van der Waals surface area contributed by atoms with Gasteiger partial charge in [0.15, 0.2) is 5.13 Å². The van der Waals surface area contributed by atoms with Crippen molar-refractivity contribution in [2.75, 3.05) is 51.4 Å². The van der Waals surface area contributed by atoms with Gasteiger partial charge in [0.2, 0.25) is 0 Å². The summed E-state index contributed by atoms with van der Waals surface area (Å²) in [4.78, 5) is 21.5. The van der Waals surface area contributed by atoms with Crippen LogP contribution in [0.1, 0.15) is 22.3 Å². The first-order valence-corrected chi connectivity index (χ1v) is 11.2. The van der Waals surface area contributed by atoms with Crippen LogP contribution in [0.25, 0.3) is 10.2 Å². The van der Waals surface area contributed by atoms with Crippen LogP contribution in [-0.4, -0.2) is 57.4 Å². The molecule has 1 N–H and O–H groups in total. The Morgan fingerprint density at radius 2 is 1.97 bits per heavy atom. The van der Waals surface area contributed by atoms with E-state index in [1.165, 1.54) is 4.90 Å². The van der Waals surface area contributed by atoms with E-state index < -0.39 is 0 Å². The summed E-state index contributed by atoms with van der Waals surface area (Å²) in [5, 5.41) is 0.737. The van der Waals surface area contributed by atoms with E-state index in [1.807, 2.05) is 54.3 Å². The molecule has 0 unspecified atom stereocenters. The van der Waals surface area contributed by atoms with Gasteiger partial charge in [0, 0.05) is 24.6 Å². The van der Waals surface area contributed by atoms with Crippen molar-refractivity contribution < 1.29 is 19.2 Å². The second kappa shape index (κ2) is 9.55. The zero-order valence-corrected chi connectivity index (χ0v) is 18.3. The van der Waals surface area contributed by atoms with Crippen molar-refractivity contribution in [3.05, 3.63) is 53.6 Å². The van der Waals surface area contributed by atoms with Gasteiger partial charge in [0.25, 0.3) is 5.91 Å². The Kier molecular flexibility index (Phi) is 6.62. The molecule has 0 aliphatic carbocycles. The number of aromatic nitrogens is 1. The minimum atomic E-state index is -0.00185. The molecule has 1 aliphatic heterocycles. The van der Waals surface area contributed by atoms with Crippen molar-refractivity contribution in [3.63, 3.8) is 0 Å².